The molecule has 2 amide bonds. The van der Waals surface area contributed by atoms with E-state index < -0.39 is 5.79 Å². The van der Waals surface area contributed by atoms with E-state index in [-0.39, 0.29) is 23.9 Å². The van der Waals surface area contributed by atoms with E-state index in [0.29, 0.717) is 69.9 Å². The fourth-order valence-electron chi connectivity index (χ4n) is 5.35. The maximum absolute atomic E-state index is 13.7. The maximum Gasteiger partial charge on any atom is 0.245 e. The van der Waals surface area contributed by atoms with Gasteiger partial charge in [-0.05, 0) is 38.8 Å². The van der Waals surface area contributed by atoms with Crippen molar-refractivity contribution in [2.75, 3.05) is 60.0 Å². The zero-order chi connectivity index (χ0) is 24.2. The van der Waals surface area contributed by atoms with Crippen LogP contribution in [0.15, 0.2) is 0 Å². The number of piperazine rings is 1. The average Bonchev–Trinajstić information content (AvgIpc) is 2.75. The van der Waals surface area contributed by atoms with E-state index in [1.165, 1.54) is 0 Å². The molecule has 8 nitrogen and oxygen atoms in total. The lowest BCUT2D eigenvalue weighted by Gasteiger charge is -2.47. The molecule has 0 aromatic carbocycles. The van der Waals surface area contributed by atoms with Gasteiger partial charge in [0.15, 0.2) is 5.79 Å². The Morgan fingerprint density at radius 3 is 2.27 bits per heavy atom. The van der Waals surface area contributed by atoms with Gasteiger partial charge in [-0.2, -0.15) is 0 Å². The van der Waals surface area contributed by atoms with Crippen LogP contribution in [0.3, 0.4) is 0 Å². The normalized spacial score (nSPS) is 25.5. The van der Waals surface area contributed by atoms with Crippen LogP contribution >= 0.6 is 0 Å². The Morgan fingerprint density at radius 1 is 1.09 bits per heavy atom. The molecule has 1 spiro atoms. The Hall–Kier alpha value is -1.22. The number of ether oxygens (including phenoxy) is 2. The largest absolute Gasteiger partial charge is 0.349 e. The number of piperidine rings is 1. The molecular formula is C25H46N4O4. The summed E-state index contributed by atoms with van der Waals surface area (Å²) in [5.41, 5.74) is 0. The predicted molar refractivity (Wildman–Crippen MR) is 129 cm³/mol. The summed E-state index contributed by atoms with van der Waals surface area (Å²) in [5.74, 6) is 0.752. The molecule has 0 aromatic rings. The van der Waals surface area contributed by atoms with Gasteiger partial charge in [-0.3, -0.25) is 9.59 Å². The van der Waals surface area contributed by atoms with E-state index in [1.54, 1.807) is 0 Å². The van der Waals surface area contributed by atoms with Gasteiger partial charge in [0.1, 0.15) is 6.04 Å². The first kappa shape index (κ1) is 26.4. The second-order valence-electron chi connectivity index (χ2n) is 11.3. The first-order valence-electron chi connectivity index (χ1n) is 12.9. The van der Waals surface area contributed by atoms with Crippen LogP contribution in [0.25, 0.3) is 0 Å². The summed E-state index contributed by atoms with van der Waals surface area (Å²) >= 11 is 0. The topological polar surface area (TPSA) is 74.3 Å². The molecule has 0 aliphatic carbocycles. The van der Waals surface area contributed by atoms with Gasteiger partial charge >= 0.3 is 0 Å². The summed E-state index contributed by atoms with van der Waals surface area (Å²) in [7, 11) is 4.13. The van der Waals surface area contributed by atoms with Gasteiger partial charge in [-0.25, -0.2) is 0 Å². The Balaban J connectivity index is 1.61. The minimum atomic E-state index is -0.555. The number of hydrogen-bond acceptors (Lipinski definition) is 6. The molecule has 1 N–H and O–H groups in total. The van der Waals surface area contributed by atoms with E-state index in [4.69, 9.17) is 9.47 Å². The number of nitrogens with one attached hydrogen (secondary N) is 1. The quantitative estimate of drug-likeness (QED) is 0.588. The second kappa shape index (κ2) is 11.5. The monoisotopic (exact) mass is 466 g/mol. The van der Waals surface area contributed by atoms with Crippen LogP contribution in [0.2, 0.25) is 0 Å². The molecule has 2 atom stereocenters. The molecule has 3 saturated heterocycles. The molecule has 3 aliphatic rings. The van der Waals surface area contributed by atoms with E-state index in [1.807, 2.05) is 9.80 Å². The molecule has 3 aliphatic heterocycles. The molecule has 0 unspecified atom stereocenters. The molecule has 3 fully saturated rings. The van der Waals surface area contributed by atoms with Crippen LogP contribution in [0, 0.1) is 17.8 Å². The van der Waals surface area contributed by atoms with Crippen molar-refractivity contribution in [3.8, 4) is 0 Å². The van der Waals surface area contributed by atoms with Crippen molar-refractivity contribution in [2.45, 2.75) is 71.2 Å². The molecule has 33 heavy (non-hydrogen) atoms. The molecule has 0 saturated carbocycles. The Bertz CT molecular complexity index is 651. The smallest absolute Gasteiger partial charge is 0.245 e. The van der Waals surface area contributed by atoms with Crippen LogP contribution < -0.4 is 5.32 Å². The third kappa shape index (κ3) is 6.90. The van der Waals surface area contributed by atoms with Gasteiger partial charge in [0, 0.05) is 51.5 Å². The fourth-order valence-corrected chi connectivity index (χ4v) is 5.35. The van der Waals surface area contributed by atoms with Crippen molar-refractivity contribution in [1.29, 1.82) is 0 Å². The summed E-state index contributed by atoms with van der Waals surface area (Å²) < 4.78 is 12.4. The predicted octanol–water partition coefficient (Wildman–Crippen LogP) is 1.79. The van der Waals surface area contributed by atoms with Gasteiger partial charge in [0.05, 0.1) is 19.3 Å². The minimum absolute atomic E-state index is 0.0771. The molecule has 0 aromatic heterocycles. The van der Waals surface area contributed by atoms with E-state index >= 15 is 0 Å². The number of amides is 2. The van der Waals surface area contributed by atoms with Crippen molar-refractivity contribution < 1.29 is 19.1 Å². The first-order chi connectivity index (χ1) is 15.6. The Labute approximate surface area is 200 Å². The average molecular weight is 467 g/mol. The van der Waals surface area contributed by atoms with Crippen LogP contribution in [0.1, 0.15) is 53.4 Å². The van der Waals surface area contributed by atoms with Crippen molar-refractivity contribution in [1.82, 2.24) is 20.0 Å². The van der Waals surface area contributed by atoms with Crippen molar-refractivity contribution in [2.24, 2.45) is 17.8 Å². The summed E-state index contributed by atoms with van der Waals surface area (Å²) in [6, 6.07) is -0.578. The summed E-state index contributed by atoms with van der Waals surface area (Å²) in [4.78, 5) is 32.9. The highest BCUT2D eigenvalue weighted by Gasteiger charge is 2.44. The minimum Gasteiger partial charge on any atom is -0.349 e. The third-order valence-electron chi connectivity index (χ3n) is 7.01. The van der Waals surface area contributed by atoms with Crippen molar-refractivity contribution in [3.63, 3.8) is 0 Å². The third-order valence-corrected chi connectivity index (χ3v) is 7.01. The number of carbonyl (C=O) groups is 2. The van der Waals surface area contributed by atoms with Crippen molar-refractivity contribution in [3.05, 3.63) is 0 Å². The second-order valence-corrected chi connectivity index (χ2v) is 11.3. The zero-order valence-corrected chi connectivity index (χ0v) is 21.6. The summed E-state index contributed by atoms with van der Waals surface area (Å²) in [6.07, 6.45) is 2.87. The van der Waals surface area contributed by atoms with Gasteiger partial charge in [0.25, 0.3) is 0 Å². The summed E-state index contributed by atoms with van der Waals surface area (Å²) in [6.45, 7) is 13.4. The van der Waals surface area contributed by atoms with Crippen LogP contribution in [0.5, 0.6) is 0 Å². The Morgan fingerprint density at radius 2 is 1.73 bits per heavy atom. The lowest BCUT2D eigenvalue weighted by atomic mass is 9.95. The summed E-state index contributed by atoms with van der Waals surface area (Å²) in [5, 5.41) is 3.36. The molecule has 0 radical (unpaired) electrons. The number of nitrogens with zero attached hydrogens (tertiary/aromatic N) is 3. The molecule has 0 bridgehead atoms. The number of carbonyl (C=O) groups excluding carboxylic acids is 2. The molecule has 3 rings (SSSR count). The molecular weight excluding hydrogens is 420 g/mol. The number of hydrogen-bond donors (Lipinski definition) is 1. The Kier molecular flexibility index (Phi) is 9.17. The molecule has 3 heterocycles. The first-order valence-corrected chi connectivity index (χ1v) is 12.9. The van der Waals surface area contributed by atoms with E-state index in [9.17, 15) is 9.59 Å². The van der Waals surface area contributed by atoms with Gasteiger partial charge in [0.2, 0.25) is 11.8 Å². The standard InChI is InChI=1S/C25H46N4O4/c1-18(2)13-21-23(30)29(12-9-26-21)22(14-19(3)4)24(31)28-10-7-25(8-11-28)32-16-20(17-33-25)15-27(5)6/h18-22,26H,7-17H2,1-6H3/t21-,22-/m0/s1. The zero-order valence-electron chi connectivity index (χ0n) is 21.6. The van der Waals surface area contributed by atoms with Gasteiger partial charge in [-0.15, -0.1) is 0 Å². The number of rotatable bonds is 8. The highest BCUT2D eigenvalue weighted by atomic mass is 16.7. The van der Waals surface area contributed by atoms with E-state index in [2.05, 4.69) is 52.0 Å². The SMILES string of the molecule is CC(C)C[C@@H]1NCCN([C@@H](CC(C)C)C(=O)N2CCC3(CC2)OCC(CN(C)C)CO3)C1=O. The van der Waals surface area contributed by atoms with E-state index in [0.717, 1.165) is 19.5 Å². The van der Waals surface area contributed by atoms with Crippen molar-refractivity contribution >= 4 is 11.8 Å². The highest BCUT2D eigenvalue weighted by Crippen LogP contribution is 2.33. The lowest BCUT2D eigenvalue weighted by molar-refractivity contribution is -0.298. The maximum atomic E-state index is 13.7. The van der Waals surface area contributed by atoms with Gasteiger partial charge < -0.3 is 29.5 Å². The molecule has 8 heteroatoms. The lowest BCUT2D eigenvalue weighted by Crippen LogP contribution is -2.63. The van der Waals surface area contributed by atoms with Gasteiger partial charge in [-0.1, -0.05) is 27.7 Å². The number of likely N-dealkylation sites (tertiary alicyclic amines) is 1. The highest BCUT2D eigenvalue weighted by molar-refractivity contribution is 5.90. The molecule has 190 valence electrons. The fraction of sp³-hybridized carbons (Fsp3) is 0.920. The van der Waals surface area contributed by atoms with Crippen LogP contribution in [0.4, 0.5) is 0 Å². The van der Waals surface area contributed by atoms with Crippen LogP contribution in [-0.2, 0) is 19.1 Å². The van der Waals surface area contributed by atoms with Crippen LogP contribution in [-0.4, -0.2) is 104 Å².